The van der Waals surface area contributed by atoms with Crippen molar-refractivity contribution >= 4 is 74.5 Å². The lowest BCUT2D eigenvalue weighted by molar-refractivity contribution is -0.164. The van der Waals surface area contributed by atoms with E-state index in [9.17, 15) is 18.3 Å². The second-order valence-corrected chi connectivity index (χ2v) is 19.1. The van der Waals surface area contributed by atoms with Gasteiger partial charge in [-0.15, -0.1) is 0 Å². The number of amides is 2. The van der Waals surface area contributed by atoms with Crippen LogP contribution < -0.4 is 15.1 Å². The number of phenols is 1. The molecular formula is C47H48Cl4N4O10S. The highest BCUT2D eigenvalue weighted by molar-refractivity contribution is 7.86. The summed E-state index contributed by atoms with van der Waals surface area (Å²) in [6.07, 6.45) is 0.698. The number of urea groups is 1. The molecule has 3 aliphatic rings. The van der Waals surface area contributed by atoms with Gasteiger partial charge in [0.05, 0.1) is 41.0 Å². The standard InChI is InChI=1S/C29H30Cl2N4O5.C18H18Cl2O5S/c1-29(26-10-5-21(30)16-27(26)31)39-19-25(40-29)18-38-24-8-6-22(7-9-24)34-11-13-35(14-12-34)28(37)33-32-17-20-3-2-4-23(36)15-20;1-12-3-6-15(7-4-12)26(21,22)24-11-14-10-23-18(2,25-14)16-8-5-13(19)9-17(16)20/h2-10,15-17,25,36H,11-14,18-19H2,1H3,(H,33,37);3-9,14H,10-11H2,1-2H3/b32-17+;/t25?,29-;14?,18-/m11/s1. The molecule has 0 saturated carbocycles. The van der Waals surface area contributed by atoms with Gasteiger partial charge >= 0.3 is 6.03 Å². The number of carbonyl (C=O) groups is 1. The van der Waals surface area contributed by atoms with Gasteiger partial charge in [-0.3, -0.25) is 4.18 Å². The molecule has 0 radical (unpaired) electrons. The highest BCUT2D eigenvalue weighted by Crippen LogP contribution is 2.40. The molecular weight excluding hydrogens is 954 g/mol. The zero-order valence-corrected chi connectivity index (χ0v) is 40.0. The fraction of sp³-hybridized carbons (Fsp3) is 0.319. The Hall–Kier alpha value is -4.65. The van der Waals surface area contributed by atoms with E-state index in [1.165, 1.54) is 18.3 Å². The molecule has 14 nitrogen and oxygen atoms in total. The highest BCUT2D eigenvalue weighted by atomic mass is 35.5. The van der Waals surface area contributed by atoms with Crippen LogP contribution in [0.3, 0.4) is 0 Å². The number of nitrogens with one attached hydrogen (secondary N) is 1. The second kappa shape index (κ2) is 21.5. The number of hydrazone groups is 1. The Kier molecular flexibility index (Phi) is 16.1. The van der Waals surface area contributed by atoms with Crippen LogP contribution in [0.4, 0.5) is 10.5 Å². The van der Waals surface area contributed by atoms with E-state index in [0.717, 1.165) is 22.6 Å². The van der Waals surface area contributed by atoms with E-state index in [-0.39, 0.29) is 36.0 Å². The van der Waals surface area contributed by atoms with Crippen molar-refractivity contribution in [2.24, 2.45) is 5.10 Å². The first kappa shape index (κ1) is 49.3. The Morgan fingerprint density at radius 2 is 1.36 bits per heavy atom. The molecule has 2 N–H and O–H groups in total. The molecule has 0 aromatic heterocycles. The lowest BCUT2D eigenvalue weighted by Gasteiger charge is -2.35. The summed E-state index contributed by atoms with van der Waals surface area (Å²) in [5.41, 5.74) is 6.61. The molecule has 3 aliphatic heterocycles. The normalized spacial score (nSPS) is 22.0. The van der Waals surface area contributed by atoms with Crippen LogP contribution in [0.2, 0.25) is 20.1 Å². The van der Waals surface area contributed by atoms with E-state index in [2.05, 4.69) is 15.4 Å². The predicted molar refractivity (Wildman–Crippen MR) is 254 cm³/mol. The molecule has 2 unspecified atom stereocenters. The summed E-state index contributed by atoms with van der Waals surface area (Å²) in [6, 6.07) is 30.9. The van der Waals surface area contributed by atoms with Gasteiger partial charge in [-0.05, 0) is 99.1 Å². The topological polar surface area (TPSA) is 158 Å². The van der Waals surface area contributed by atoms with E-state index in [1.54, 1.807) is 78.6 Å². The van der Waals surface area contributed by atoms with Crippen LogP contribution in [-0.4, -0.2) is 95.5 Å². The van der Waals surface area contributed by atoms with Crippen molar-refractivity contribution in [1.82, 2.24) is 10.3 Å². The van der Waals surface area contributed by atoms with Crippen molar-refractivity contribution in [3.05, 3.63) is 152 Å². The summed E-state index contributed by atoms with van der Waals surface area (Å²) in [6.45, 7) is 8.71. The summed E-state index contributed by atoms with van der Waals surface area (Å²) in [5, 5.41) is 15.5. The number of ether oxygens (including phenoxy) is 5. The average molecular weight is 1000 g/mol. The zero-order valence-electron chi connectivity index (χ0n) is 36.2. The van der Waals surface area contributed by atoms with Gasteiger partial charge in [0.25, 0.3) is 10.1 Å². The van der Waals surface area contributed by atoms with Crippen LogP contribution in [0.5, 0.6) is 11.5 Å². The number of benzene rings is 5. The number of aryl methyl sites for hydroxylation is 1. The Bertz CT molecular complexity index is 2620. The van der Waals surface area contributed by atoms with Crippen LogP contribution >= 0.6 is 46.4 Å². The quantitative estimate of drug-likeness (QED) is 0.0697. The molecule has 3 saturated heterocycles. The van der Waals surface area contributed by atoms with Crippen molar-refractivity contribution in [2.45, 2.75) is 49.4 Å². The number of aromatic hydroxyl groups is 1. The molecule has 5 aromatic rings. The Balaban J connectivity index is 0.000000215. The third-order valence-electron chi connectivity index (χ3n) is 10.9. The van der Waals surface area contributed by atoms with Crippen LogP contribution in [0.25, 0.3) is 0 Å². The van der Waals surface area contributed by atoms with Crippen LogP contribution in [0.15, 0.2) is 119 Å². The fourth-order valence-electron chi connectivity index (χ4n) is 7.32. The molecule has 19 heteroatoms. The zero-order chi connectivity index (χ0) is 47.1. The molecule has 8 rings (SSSR count). The first-order chi connectivity index (χ1) is 31.5. The van der Waals surface area contributed by atoms with Crippen molar-refractivity contribution < 1.29 is 46.2 Å². The monoisotopic (exact) mass is 1000 g/mol. The molecule has 66 heavy (non-hydrogen) atoms. The number of anilines is 1. The van der Waals surface area contributed by atoms with Gasteiger partial charge in [-0.25, -0.2) is 10.2 Å². The van der Waals surface area contributed by atoms with E-state index < -0.39 is 27.8 Å². The minimum absolute atomic E-state index is 0.102. The van der Waals surface area contributed by atoms with Crippen molar-refractivity contribution in [2.75, 3.05) is 57.5 Å². The number of hydrogen-bond donors (Lipinski definition) is 2. The number of halogens is 4. The van der Waals surface area contributed by atoms with E-state index in [0.29, 0.717) is 70.6 Å². The van der Waals surface area contributed by atoms with Crippen molar-refractivity contribution in [1.29, 1.82) is 0 Å². The highest BCUT2D eigenvalue weighted by Gasteiger charge is 2.42. The number of piperazine rings is 1. The van der Waals surface area contributed by atoms with E-state index in [1.807, 2.05) is 44.2 Å². The van der Waals surface area contributed by atoms with Crippen LogP contribution in [0.1, 0.15) is 36.1 Å². The number of rotatable bonds is 12. The number of carbonyl (C=O) groups excluding carboxylic acids is 1. The molecule has 0 aliphatic carbocycles. The first-order valence-electron chi connectivity index (χ1n) is 20.8. The molecule has 5 aromatic carbocycles. The molecule has 3 heterocycles. The first-order valence-corrected chi connectivity index (χ1v) is 23.8. The van der Waals surface area contributed by atoms with Crippen molar-refractivity contribution in [3.8, 4) is 11.5 Å². The SMILES string of the molecule is C[C@@]1(c2ccc(Cl)cc2Cl)OCC(COc2ccc(N3CCN(C(=O)N/N=C/c4cccc(O)c4)CC3)cc2)O1.Cc1ccc(S(=O)(=O)OCC2CO[C@@](C)(c3ccc(Cl)cc3Cl)O2)cc1. The Labute approximate surface area is 403 Å². The summed E-state index contributed by atoms with van der Waals surface area (Å²) < 4.78 is 59.3. The second-order valence-electron chi connectivity index (χ2n) is 15.8. The summed E-state index contributed by atoms with van der Waals surface area (Å²) in [5.74, 6) is -1.18. The summed E-state index contributed by atoms with van der Waals surface area (Å²) in [7, 11) is -3.86. The number of hydrogen-bond acceptors (Lipinski definition) is 12. The third-order valence-corrected chi connectivity index (χ3v) is 13.3. The largest absolute Gasteiger partial charge is 0.508 e. The van der Waals surface area contributed by atoms with Gasteiger partial charge in [-0.2, -0.15) is 13.5 Å². The number of phenolic OH excluding ortho intramolecular Hbond substituents is 1. The smallest absolute Gasteiger partial charge is 0.337 e. The minimum atomic E-state index is -3.86. The maximum absolute atomic E-state index is 12.5. The maximum Gasteiger partial charge on any atom is 0.337 e. The summed E-state index contributed by atoms with van der Waals surface area (Å²) >= 11 is 24.5. The van der Waals surface area contributed by atoms with Gasteiger partial charge in [0.15, 0.2) is 11.6 Å². The Morgan fingerprint density at radius 3 is 1.92 bits per heavy atom. The van der Waals surface area contributed by atoms with E-state index >= 15 is 0 Å². The molecule has 4 atom stereocenters. The Morgan fingerprint density at radius 1 is 0.788 bits per heavy atom. The molecule has 350 valence electrons. The molecule has 3 fully saturated rings. The maximum atomic E-state index is 12.5. The fourth-order valence-corrected chi connectivity index (χ4v) is 9.42. The lowest BCUT2D eigenvalue weighted by atomic mass is 10.1. The lowest BCUT2D eigenvalue weighted by Crippen LogP contribution is -2.51. The third kappa shape index (κ3) is 12.7. The minimum Gasteiger partial charge on any atom is -0.508 e. The van der Waals surface area contributed by atoms with Gasteiger partial charge in [0.1, 0.15) is 30.3 Å². The molecule has 0 bridgehead atoms. The predicted octanol–water partition coefficient (Wildman–Crippen LogP) is 9.53. The van der Waals surface area contributed by atoms with Crippen LogP contribution in [0, 0.1) is 6.92 Å². The van der Waals surface area contributed by atoms with Crippen molar-refractivity contribution in [3.63, 3.8) is 0 Å². The van der Waals surface area contributed by atoms with E-state index in [4.69, 9.17) is 74.3 Å². The van der Waals surface area contributed by atoms with Gasteiger partial charge < -0.3 is 38.6 Å². The average Bonchev–Trinajstić information content (AvgIpc) is 3.88. The molecule has 0 spiro atoms. The molecule has 2 amide bonds. The van der Waals surface area contributed by atoms with Gasteiger partial charge in [-0.1, -0.05) is 88.4 Å². The number of nitrogens with zero attached hydrogens (tertiary/aromatic N) is 3. The summed E-state index contributed by atoms with van der Waals surface area (Å²) in [4.78, 5) is 16.5. The van der Waals surface area contributed by atoms with Gasteiger partial charge in [0, 0.05) is 53.0 Å². The van der Waals surface area contributed by atoms with Crippen LogP contribution in [-0.2, 0) is 44.8 Å². The van der Waals surface area contributed by atoms with Gasteiger partial charge in [0.2, 0.25) is 0 Å².